The second-order valence-electron chi connectivity index (χ2n) is 7.38. The summed E-state index contributed by atoms with van der Waals surface area (Å²) >= 11 is 0. The van der Waals surface area contributed by atoms with Gasteiger partial charge in [0, 0.05) is 23.0 Å². The standard InChI is InChI=1S/C22H24N2O3S/c1-13-11-19(24-10-4-3-9-23)17-7-8-18-20(28(25,26)27)12-14(2)16-6-5-15(13)21(17)22(16)18/h5-8,11-12,24H,3-4,9-10,23H2,1-2H3,(H,25,26,27)/p-1. The van der Waals surface area contributed by atoms with Crippen LogP contribution in [0, 0.1) is 13.8 Å². The van der Waals surface area contributed by atoms with E-state index in [9.17, 15) is 13.0 Å². The number of anilines is 1. The van der Waals surface area contributed by atoms with Crippen LogP contribution >= 0.6 is 0 Å². The second kappa shape index (κ2) is 6.88. The van der Waals surface area contributed by atoms with E-state index in [2.05, 4.69) is 24.4 Å². The summed E-state index contributed by atoms with van der Waals surface area (Å²) in [4.78, 5) is -0.147. The van der Waals surface area contributed by atoms with Gasteiger partial charge in [-0.25, -0.2) is 8.42 Å². The highest BCUT2D eigenvalue weighted by Gasteiger charge is 2.18. The van der Waals surface area contributed by atoms with Crippen LogP contribution in [0.4, 0.5) is 5.69 Å². The zero-order valence-corrected chi connectivity index (χ0v) is 16.8. The molecule has 6 heteroatoms. The maximum Gasteiger partial charge on any atom is 0.125 e. The van der Waals surface area contributed by atoms with Crippen molar-refractivity contribution in [2.24, 2.45) is 5.73 Å². The Hall–Kier alpha value is -2.41. The molecule has 4 aromatic rings. The maximum atomic E-state index is 11.9. The quantitative estimate of drug-likeness (QED) is 0.289. The summed E-state index contributed by atoms with van der Waals surface area (Å²) in [6.07, 6.45) is 1.94. The largest absolute Gasteiger partial charge is 0.744 e. The number of benzene rings is 4. The van der Waals surface area contributed by atoms with Crippen LogP contribution in [-0.2, 0) is 10.1 Å². The van der Waals surface area contributed by atoms with Gasteiger partial charge in [0.15, 0.2) is 0 Å². The van der Waals surface area contributed by atoms with E-state index in [-0.39, 0.29) is 4.90 Å². The molecule has 0 spiro atoms. The molecule has 0 radical (unpaired) electrons. The fourth-order valence-corrected chi connectivity index (χ4v) is 4.91. The van der Waals surface area contributed by atoms with Crippen LogP contribution in [0.25, 0.3) is 32.3 Å². The number of unbranched alkanes of at least 4 members (excludes halogenated alkanes) is 1. The van der Waals surface area contributed by atoms with Gasteiger partial charge in [0.1, 0.15) is 10.1 Å². The molecule has 0 saturated heterocycles. The summed E-state index contributed by atoms with van der Waals surface area (Å²) in [6.45, 7) is 5.39. The molecule has 3 N–H and O–H groups in total. The first-order chi connectivity index (χ1) is 13.3. The van der Waals surface area contributed by atoms with Gasteiger partial charge in [0.2, 0.25) is 0 Å². The van der Waals surface area contributed by atoms with E-state index < -0.39 is 10.1 Å². The van der Waals surface area contributed by atoms with Crippen molar-refractivity contribution in [3.05, 3.63) is 47.5 Å². The monoisotopic (exact) mass is 395 g/mol. The van der Waals surface area contributed by atoms with E-state index >= 15 is 0 Å². The highest BCUT2D eigenvalue weighted by Crippen LogP contribution is 2.42. The molecule has 0 amide bonds. The lowest BCUT2D eigenvalue weighted by Crippen LogP contribution is -2.06. The van der Waals surface area contributed by atoms with Gasteiger partial charge in [-0.15, -0.1) is 0 Å². The highest BCUT2D eigenvalue weighted by molar-refractivity contribution is 7.86. The Bertz CT molecular complexity index is 1300. The van der Waals surface area contributed by atoms with Crippen molar-refractivity contribution in [1.29, 1.82) is 0 Å². The van der Waals surface area contributed by atoms with Crippen LogP contribution in [0.2, 0.25) is 0 Å². The predicted molar refractivity (Wildman–Crippen MR) is 114 cm³/mol. The first-order valence-corrected chi connectivity index (χ1v) is 10.9. The zero-order valence-electron chi connectivity index (χ0n) is 16.0. The van der Waals surface area contributed by atoms with Gasteiger partial charge < -0.3 is 15.6 Å². The number of nitrogens with two attached hydrogens (primary N) is 1. The second-order valence-corrected chi connectivity index (χ2v) is 8.73. The molecule has 0 atom stereocenters. The summed E-state index contributed by atoms with van der Waals surface area (Å²) in [7, 11) is -4.57. The fourth-order valence-electron chi connectivity index (χ4n) is 4.15. The van der Waals surface area contributed by atoms with E-state index in [4.69, 9.17) is 5.73 Å². The number of hydrogen-bond donors (Lipinski definition) is 2. The average molecular weight is 396 g/mol. The molecule has 0 heterocycles. The minimum Gasteiger partial charge on any atom is -0.744 e. The Morgan fingerprint density at radius 2 is 1.46 bits per heavy atom. The summed E-state index contributed by atoms with van der Waals surface area (Å²) in [5.74, 6) is 0. The van der Waals surface area contributed by atoms with Crippen LogP contribution < -0.4 is 11.1 Å². The van der Waals surface area contributed by atoms with Gasteiger partial charge in [0.05, 0.1) is 4.90 Å². The molecule has 0 fully saturated rings. The van der Waals surface area contributed by atoms with Gasteiger partial charge in [-0.05, 0) is 78.0 Å². The molecule has 0 aromatic heterocycles. The Morgan fingerprint density at radius 1 is 0.893 bits per heavy atom. The molecule has 0 unspecified atom stereocenters. The van der Waals surface area contributed by atoms with Crippen LogP contribution in [0.15, 0.2) is 41.3 Å². The maximum absolute atomic E-state index is 11.9. The first-order valence-electron chi connectivity index (χ1n) is 9.44. The molecule has 0 aliphatic rings. The molecular formula is C22H23N2O3S-. The highest BCUT2D eigenvalue weighted by atomic mass is 32.2. The molecule has 4 rings (SSSR count). The fraction of sp³-hybridized carbons (Fsp3) is 0.273. The van der Waals surface area contributed by atoms with Crippen molar-refractivity contribution < 1.29 is 13.0 Å². The Kier molecular flexibility index (Phi) is 4.65. The van der Waals surface area contributed by atoms with Gasteiger partial charge in [-0.1, -0.05) is 24.3 Å². The molecule has 0 aliphatic carbocycles. The third kappa shape index (κ3) is 2.98. The molecule has 0 bridgehead atoms. The van der Waals surface area contributed by atoms with Crippen molar-refractivity contribution in [1.82, 2.24) is 0 Å². The van der Waals surface area contributed by atoms with Gasteiger partial charge in [0.25, 0.3) is 0 Å². The molecule has 4 aromatic carbocycles. The van der Waals surface area contributed by atoms with Gasteiger partial charge in [-0.2, -0.15) is 0 Å². The summed E-state index contributed by atoms with van der Waals surface area (Å²) in [5, 5.41) is 8.92. The van der Waals surface area contributed by atoms with Gasteiger partial charge in [-0.3, -0.25) is 0 Å². The van der Waals surface area contributed by atoms with E-state index in [1.165, 1.54) is 6.07 Å². The lowest BCUT2D eigenvalue weighted by molar-refractivity contribution is 0.464. The van der Waals surface area contributed by atoms with Crippen molar-refractivity contribution in [3.63, 3.8) is 0 Å². The Balaban J connectivity index is 2.07. The third-order valence-electron chi connectivity index (χ3n) is 5.49. The number of aryl methyl sites for hydroxylation is 2. The third-order valence-corrected chi connectivity index (χ3v) is 6.37. The van der Waals surface area contributed by atoms with Crippen LogP contribution in [-0.4, -0.2) is 26.1 Å². The summed E-state index contributed by atoms with van der Waals surface area (Å²) in [5.41, 5.74) is 8.50. The smallest absolute Gasteiger partial charge is 0.125 e. The Morgan fingerprint density at radius 3 is 2.11 bits per heavy atom. The number of nitrogens with one attached hydrogen (secondary N) is 1. The van der Waals surface area contributed by atoms with Crippen molar-refractivity contribution in [3.8, 4) is 0 Å². The van der Waals surface area contributed by atoms with Gasteiger partial charge >= 0.3 is 0 Å². The van der Waals surface area contributed by atoms with Crippen molar-refractivity contribution in [2.75, 3.05) is 18.4 Å². The molecular weight excluding hydrogens is 372 g/mol. The van der Waals surface area contributed by atoms with Crippen LogP contribution in [0.5, 0.6) is 0 Å². The predicted octanol–water partition coefficient (Wildman–Crippen LogP) is 4.26. The van der Waals surface area contributed by atoms with Crippen LogP contribution in [0.3, 0.4) is 0 Å². The minimum absolute atomic E-state index is 0.147. The number of rotatable bonds is 6. The molecule has 0 saturated carbocycles. The lowest BCUT2D eigenvalue weighted by Gasteiger charge is -2.20. The van der Waals surface area contributed by atoms with Crippen molar-refractivity contribution >= 4 is 48.1 Å². The Labute approximate surface area is 164 Å². The lowest BCUT2D eigenvalue weighted by atomic mass is 9.89. The molecule has 28 heavy (non-hydrogen) atoms. The summed E-state index contributed by atoms with van der Waals surface area (Å²) < 4.78 is 35.7. The normalized spacial score (nSPS) is 12.4. The molecule has 5 nitrogen and oxygen atoms in total. The van der Waals surface area contributed by atoms with Crippen molar-refractivity contribution in [2.45, 2.75) is 31.6 Å². The van der Waals surface area contributed by atoms with E-state index in [0.29, 0.717) is 11.9 Å². The van der Waals surface area contributed by atoms with E-state index in [1.807, 2.05) is 19.1 Å². The average Bonchev–Trinajstić information content (AvgIpc) is 2.65. The van der Waals surface area contributed by atoms with E-state index in [1.54, 1.807) is 6.07 Å². The molecule has 146 valence electrons. The number of hydrogen-bond acceptors (Lipinski definition) is 5. The molecule has 0 aliphatic heterocycles. The first kappa shape index (κ1) is 18.9. The topological polar surface area (TPSA) is 95.2 Å². The SMILES string of the molecule is Cc1cc(NCCCCN)c2ccc3c(S(=O)(=O)[O-])cc(C)c4ccc1c2c43. The van der Waals surface area contributed by atoms with E-state index in [0.717, 1.165) is 63.1 Å². The van der Waals surface area contributed by atoms with Crippen LogP contribution in [0.1, 0.15) is 24.0 Å². The zero-order chi connectivity index (χ0) is 20.1. The summed E-state index contributed by atoms with van der Waals surface area (Å²) in [6, 6.07) is 11.4. The minimum atomic E-state index is -4.57.